The number of aromatic nitrogens is 1. The van der Waals surface area contributed by atoms with Gasteiger partial charge in [0.1, 0.15) is 0 Å². The lowest BCUT2D eigenvalue weighted by atomic mass is 10.0. The summed E-state index contributed by atoms with van der Waals surface area (Å²) in [5.74, 6) is -0.412. The maximum atomic E-state index is 10.8. The smallest absolute Gasteiger partial charge is 0.412 e. The highest BCUT2D eigenvalue weighted by molar-refractivity contribution is 7.11. The van der Waals surface area contributed by atoms with Crippen molar-refractivity contribution in [2.24, 2.45) is 0 Å². The number of carboxylic acids is 1. The molecular formula is C13H14NO2S+. The van der Waals surface area contributed by atoms with Gasteiger partial charge in [0.15, 0.2) is 0 Å². The lowest BCUT2D eigenvalue weighted by molar-refractivity contribution is -0.362. The third-order valence-corrected chi connectivity index (χ3v) is 3.49. The van der Waals surface area contributed by atoms with Gasteiger partial charge < -0.3 is 5.11 Å². The molecular weight excluding hydrogens is 234 g/mol. The number of aromatic amines is 1. The van der Waals surface area contributed by atoms with E-state index >= 15 is 0 Å². The van der Waals surface area contributed by atoms with Crippen LogP contribution in [0.25, 0.3) is 11.3 Å². The molecule has 0 aliphatic heterocycles. The van der Waals surface area contributed by atoms with Gasteiger partial charge in [-0.25, -0.2) is 4.79 Å². The fourth-order valence-corrected chi connectivity index (χ4v) is 2.29. The molecule has 0 saturated heterocycles. The first-order valence-electron chi connectivity index (χ1n) is 5.42. The number of nitrogens with one attached hydrogen (secondary N) is 1. The van der Waals surface area contributed by atoms with Crippen LogP contribution >= 0.6 is 11.3 Å². The molecule has 1 aromatic heterocycles. The molecule has 0 saturated carbocycles. The van der Waals surface area contributed by atoms with E-state index in [1.807, 2.05) is 17.5 Å². The van der Waals surface area contributed by atoms with E-state index in [0.717, 1.165) is 11.3 Å². The maximum absolute atomic E-state index is 10.8. The van der Waals surface area contributed by atoms with Crippen molar-refractivity contribution in [3.05, 3.63) is 40.2 Å². The lowest BCUT2D eigenvalue weighted by Crippen LogP contribution is -2.12. The summed E-state index contributed by atoms with van der Waals surface area (Å²) in [5, 5.41) is 10.9. The average molecular weight is 248 g/mol. The number of rotatable bonds is 3. The van der Waals surface area contributed by atoms with Crippen molar-refractivity contribution in [2.45, 2.75) is 19.8 Å². The molecule has 0 aliphatic rings. The summed E-state index contributed by atoms with van der Waals surface area (Å²) in [4.78, 5) is 13.7. The fraction of sp³-hybridized carbons (Fsp3) is 0.231. The van der Waals surface area contributed by atoms with Gasteiger partial charge in [0.05, 0.1) is 5.38 Å². The highest BCUT2D eigenvalue weighted by Crippen LogP contribution is 2.21. The van der Waals surface area contributed by atoms with Crippen LogP contribution in [0.5, 0.6) is 0 Å². The first-order chi connectivity index (χ1) is 8.08. The van der Waals surface area contributed by atoms with Crippen molar-refractivity contribution < 1.29 is 14.9 Å². The maximum Gasteiger partial charge on any atom is 0.412 e. The molecule has 3 nitrogen and oxygen atoms in total. The Morgan fingerprint density at radius 2 is 1.94 bits per heavy atom. The van der Waals surface area contributed by atoms with Gasteiger partial charge in [0.2, 0.25) is 5.69 Å². The number of benzene rings is 1. The van der Waals surface area contributed by atoms with Crippen LogP contribution in [0.3, 0.4) is 0 Å². The van der Waals surface area contributed by atoms with Gasteiger partial charge in [-0.3, -0.25) is 0 Å². The van der Waals surface area contributed by atoms with Crippen LogP contribution < -0.4 is 4.98 Å². The molecule has 0 aliphatic carbocycles. The first kappa shape index (κ1) is 11.8. The van der Waals surface area contributed by atoms with Crippen LogP contribution in [0.2, 0.25) is 0 Å². The number of thiazole rings is 1. The van der Waals surface area contributed by atoms with Gasteiger partial charge in [-0.05, 0) is 23.6 Å². The molecule has 1 heterocycles. The molecule has 0 amide bonds. The monoisotopic (exact) mass is 248 g/mol. The van der Waals surface area contributed by atoms with Crippen LogP contribution in [-0.2, 0) is 0 Å². The highest BCUT2D eigenvalue weighted by atomic mass is 32.1. The third-order valence-electron chi connectivity index (χ3n) is 2.63. The predicted octanol–water partition coefficient (Wildman–Crippen LogP) is 3.05. The zero-order valence-corrected chi connectivity index (χ0v) is 10.5. The highest BCUT2D eigenvalue weighted by Gasteiger charge is 2.17. The van der Waals surface area contributed by atoms with E-state index in [1.165, 1.54) is 16.9 Å². The van der Waals surface area contributed by atoms with Crippen LogP contribution in [0.4, 0.5) is 0 Å². The molecule has 88 valence electrons. The molecule has 0 radical (unpaired) electrons. The van der Waals surface area contributed by atoms with Gasteiger partial charge in [0.25, 0.3) is 0 Å². The Morgan fingerprint density at radius 3 is 2.41 bits per heavy atom. The summed E-state index contributed by atoms with van der Waals surface area (Å²) in [5.41, 5.74) is 3.14. The number of hydrogen-bond donors (Lipinski definition) is 1. The molecule has 2 aromatic rings. The summed E-state index contributed by atoms with van der Waals surface area (Å²) in [7, 11) is 0. The molecule has 0 fully saturated rings. The quantitative estimate of drug-likeness (QED) is 0.907. The molecule has 17 heavy (non-hydrogen) atoms. The Bertz CT molecular complexity index is 529. The normalized spacial score (nSPS) is 10.8. The Morgan fingerprint density at radius 1 is 1.29 bits per heavy atom. The minimum absolute atomic E-state index is 0.257. The standard InChI is InChI=1S/C13H13NO2S/c1-8(2)9-3-5-10(6-4-9)11-7-17-12(14-11)13(15)16/h3-8H,1-2H3,(H,15,16)/p+1. The average Bonchev–Trinajstić information content (AvgIpc) is 2.78. The number of hydrogen-bond acceptors (Lipinski definition) is 2. The molecule has 2 N–H and O–H groups in total. The summed E-state index contributed by atoms with van der Waals surface area (Å²) >= 11 is 1.21. The third kappa shape index (κ3) is 2.53. The minimum Gasteiger partial charge on any atom is -0.473 e. The van der Waals surface area contributed by atoms with E-state index in [-0.39, 0.29) is 5.01 Å². The summed E-state index contributed by atoms with van der Waals surface area (Å²) in [6, 6.07) is 8.18. The van der Waals surface area contributed by atoms with Crippen molar-refractivity contribution in [2.75, 3.05) is 0 Å². The molecule has 1 aromatic carbocycles. The van der Waals surface area contributed by atoms with Crippen molar-refractivity contribution in [1.82, 2.24) is 0 Å². The van der Waals surface area contributed by atoms with E-state index in [2.05, 4.69) is 31.0 Å². The number of carboxylic acid groups (broad SMARTS) is 1. The van der Waals surface area contributed by atoms with Crippen molar-refractivity contribution >= 4 is 17.3 Å². The van der Waals surface area contributed by atoms with Crippen LogP contribution in [0, 0.1) is 0 Å². The number of carbonyl (C=O) groups is 1. The number of aromatic carboxylic acids is 1. The van der Waals surface area contributed by atoms with E-state index in [0.29, 0.717) is 5.92 Å². The topological polar surface area (TPSA) is 51.4 Å². The van der Waals surface area contributed by atoms with Gasteiger partial charge in [-0.15, -0.1) is 0 Å². The second kappa shape index (κ2) is 4.67. The molecule has 0 unspecified atom stereocenters. The van der Waals surface area contributed by atoms with Crippen LogP contribution in [-0.4, -0.2) is 11.1 Å². The molecule has 4 heteroatoms. The van der Waals surface area contributed by atoms with Crippen molar-refractivity contribution in [1.29, 1.82) is 0 Å². The first-order valence-corrected chi connectivity index (χ1v) is 6.30. The van der Waals surface area contributed by atoms with Gasteiger partial charge >= 0.3 is 11.0 Å². The van der Waals surface area contributed by atoms with Gasteiger partial charge in [-0.1, -0.05) is 37.3 Å². The van der Waals surface area contributed by atoms with Gasteiger partial charge in [0, 0.05) is 5.56 Å². The second-order valence-corrected chi connectivity index (χ2v) is 5.07. The largest absolute Gasteiger partial charge is 0.473 e. The van der Waals surface area contributed by atoms with E-state index < -0.39 is 5.97 Å². The van der Waals surface area contributed by atoms with E-state index in [4.69, 9.17) is 5.11 Å². The zero-order chi connectivity index (χ0) is 12.4. The van der Waals surface area contributed by atoms with E-state index in [9.17, 15) is 4.79 Å². The van der Waals surface area contributed by atoms with Crippen LogP contribution in [0.15, 0.2) is 29.6 Å². The summed E-state index contributed by atoms with van der Waals surface area (Å²) in [6.45, 7) is 4.29. The van der Waals surface area contributed by atoms with Gasteiger partial charge in [-0.2, -0.15) is 4.98 Å². The van der Waals surface area contributed by atoms with Crippen LogP contribution in [0.1, 0.15) is 35.1 Å². The minimum atomic E-state index is -0.917. The fourth-order valence-electron chi connectivity index (χ4n) is 1.59. The van der Waals surface area contributed by atoms with Crippen molar-refractivity contribution in [3.63, 3.8) is 0 Å². The molecule has 0 atom stereocenters. The Balaban J connectivity index is 2.30. The predicted molar refractivity (Wildman–Crippen MR) is 67.4 cm³/mol. The Kier molecular flexibility index (Phi) is 3.24. The second-order valence-electron chi connectivity index (χ2n) is 4.19. The SMILES string of the molecule is CC(C)c1ccc(-c2csc(C(=O)O)[nH+]2)cc1. The van der Waals surface area contributed by atoms with Crippen molar-refractivity contribution in [3.8, 4) is 11.3 Å². The molecule has 0 spiro atoms. The lowest BCUT2D eigenvalue weighted by Gasteiger charge is -2.04. The molecule has 0 bridgehead atoms. The summed E-state index contributed by atoms with van der Waals surface area (Å²) in [6.07, 6.45) is 0. The number of H-pyrrole nitrogens is 1. The summed E-state index contributed by atoms with van der Waals surface area (Å²) < 4.78 is 0. The van der Waals surface area contributed by atoms with E-state index in [1.54, 1.807) is 0 Å². The zero-order valence-electron chi connectivity index (χ0n) is 9.73. The Hall–Kier alpha value is -1.68. The Labute approximate surface area is 104 Å². The molecule has 2 rings (SSSR count).